The predicted molar refractivity (Wildman–Crippen MR) is 460 cm³/mol. The maximum atomic E-state index is 12.6. The predicted octanol–water partition coefficient (Wildman–Crippen LogP) is 28.1. The quantitative estimate of drug-likeness (QED) is 0.172. The molecule has 3 heteroatoms. The van der Waals surface area contributed by atoms with E-state index >= 15 is 0 Å². The van der Waals surface area contributed by atoms with Crippen molar-refractivity contribution in [2.24, 2.45) is 0 Å². The highest BCUT2D eigenvalue weighted by Gasteiger charge is 2.34. The molecule has 1 heterocycles. The number of sulfone groups is 1. The van der Waals surface area contributed by atoms with Gasteiger partial charge in [0.15, 0.2) is 0 Å². The van der Waals surface area contributed by atoms with Crippen LogP contribution in [-0.2, 0) is 22.7 Å². The summed E-state index contributed by atoms with van der Waals surface area (Å²) in [6.45, 7) is 84.2. The maximum absolute atomic E-state index is 12.6. The Hall–Kier alpha value is -7.85. The van der Waals surface area contributed by atoms with E-state index in [2.05, 4.69) is 284 Å². The van der Waals surface area contributed by atoms with Gasteiger partial charge in [-0.05, 0) is 534 Å². The second-order valence-electron chi connectivity index (χ2n) is 31.4. The summed E-state index contributed by atoms with van der Waals surface area (Å²) in [6.07, 6.45) is 2.08. The van der Waals surface area contributed by atoms with Crippen LogP contribution in [0.1, 0.15) is 241 Å². The van der Waals surface area contributed by atoms with E-state index in [1.807, 2.05) is 39.8 Å². The van der Waals surface area contributed by atoms with Gasteiger partial charge in [-0.15, -0.1) is 0 Å². The molecule has 2 nitrogen and oxygen atoms in total. The van der Waals surface area contributed by atoms with E-state index in [1.54, 1.807) is 12.1 Å². The van der Waals surface area contributed by atoms with Crippen LogP contribution in [0.4, 0.5) is 0 Å². The lowest BCUT2D eigenvalue weighted by atomic mass is 9.80. The Morgan fingerprint density at radius 2 is 0.365 bits per heavy atom. The van der Waals surface area contributed by atoms with Crippen LogP contribution in [0.15, 0.2) is 82.6 Å². The van der Waals surface area contributed by atoms with Crippen LogP contribution in [0.5, 0.6) is 0 Å². The van der Waals surface area contributed by atoms with E-state index in [-0.39, 0.29) is 7.43 Å². The zero-order valence-electron chi connectivity index (χ0n) is 71.6. The van der Waals surface area contributed by atoms with Crippen LogP contribution < -0.4 is 0 Å². The molecule has 104 heavy (non-hydrogen) atoms. The summed E-state index contributed by atoms with van der Waals surface area (Å²) < 4.78 is 25.2. The van der Waals surface area contributed by atoms with Gasteiger partial charge in [-0.25, -0.2) is 8.42 Å². The van der Waals surface area contributed by atoms with Gasteiger partial charge in [0.1, 0.15) is 0 Å². The van der Waals surface area contributed by atoms with Gasteiger partial charge in [0.2, 0.25) is 9.84 Å². The van der Waals surface area contributed by atoms with E-state index in [1.165, 1.54) is 223 Å². The molecule has 1 aliphatic heterocycles. The van der Waals surface area contributed by atoms with Gasteiger partial charge in [0.25, 0.3) is 0 Å². The molecule has 10 aromatic carbocycles. The molecule has 0 N–H and O–H groups in total. The highest BCUT2D eigenvalue weighted by Crippen LogP contribution is 2.46. The monoisotopic (exact) mass is 1410 g/mol. The number of aryl methyl sites for hydroxylation is 6. The smallest absolute Gasteiger partial charge is 0.207 e. The summed E-state index contributed by atoms with van der Waals surface area (Å²) in [5.41, 5.74) is 63.8. The van der Waals surface area contributed by atoms with Crippen molar-refractivity contribution in [2.75, 3.05) is 0 Å². The van der Waals surface area contributed by atoms with Gasteiger partial charge in [-0.2, -0.15) is 0 Å². The Kier molecular flexibility index (Phi) is 28.9. The molecule has 0 atom stereocenters. The molecular weight excluding hydrogens is 1280 g/mol. The summed E-state index contributed by atoms with van der Waals surface area (Å²) in [7, 11) is -3.34. The highest BCUT2D eigenvalue weighted by atomic mass is 32.2. The molecular formula is C101H134O2S. The molecule has 11 rings (SSSR count). The molecule has 0 saturated heterocycles. The van der Waals surface area contributed by atoms with E-state index in [0.29, 0.717) is 9.79 Å². The van der Waals surface area contributed by atoms with Crippen molar-refractivity contribution in [1.82, 2.24) is 0 Å². The minimum atomic E-state index is -3.34. The average molecular weight is 1410 g/mol. The second-order valence-corrected chi connectivity index (χ2v) is 33.3. The topological polar surface area (TPSA) is 34.1 Å². The van der Waals surface area contributed by atoms with Crippen molar-refractivity contribution < 1.29 is 8.42 Å². The number of benzene rings is 10. The molecule has 0 radical (unpaired) electrons. The van der Waals surface area contributed by atoms with Gasteiger partial charge in [-0.1, -0.05) is 67.1 Å². The van der Waals surface area contributed by atoms with Gasteiger partial charge in [0.05, 0.1) is 9.79 Å². The molecule has 0 aliphatic carbocycles. The average Bonchev–Trinajstić information content (AvgIpc) is 1.48. The summed E-state index contributed by atoms with van der Waals surface area (Å²) in [4.78, 5) is 0.909. The Labute approximate surface area is 636 Å². The fourth-order valence-corrected chi connectivity index (χ4v) is 17.0. The van der Waals surface area contributed by atoms with E-state index < -0.39 is 9.84 Å². The largest absolute Gasteiger partial charge is 0.218 e. The molecule has 0 spiro atoms. The van der Waals surface area contributed by atoms with E-state index in [0.717, 1.165) is 46.2 Å². The molecule has 0 saturated carbocycles. The normalized spacial score (nSPS) is 11.5. The maximum Gasteiger partial charge on any atom is 0.207 e. The molecule has 0 fully saturated rings. The Morgan fingerprint density at radius 1 is 0.202 bits per heavy atom. The Bertz CT molecular complexity index is 4410. The molecule has 0 aromatic heterocycles. The first-order valence-electron chi connectivity index (χ1n) is 37.6. The van der Waals surface area contributed by atoms with Crippen molar-refractivity contribution in [1.29, 1.82) is 0 Å². The van der Waals surface area contributed by atoms with Crippen LogP contribution in [0.3, 0.4) is 0 Å². The van der Waals surface area contributed by atoms with Crippen LogP contribution >= 0.6 is 0 Å². The minimum Gasteiger partial charge on any atom is -0.218 e. The zero-order valence-corrected chi connectivity index (χ0v) is 72.4. The molecule has 556 valence electrons. The first-order valence-corrected chi connectivity index (χ1v) is 39.1. The lowest BCUT2D eigenvalue weighted by Gasteiger charge is -2.25. The molecule has 0 bridgehead atoms. The fraction of sp³-hybridized carbons (Fsp3) is 0.406. The summed E-state index contributed by atoms with van der Waals surface area (Å²) in [5.74, 6) is 0. The van der Waals surface area contributed by atoms with Crippen molar-refractivity contribution in [3.8, 4) is 22.3 Å². The van der Waals surface area contributed by atoms with Crippen LogP contribution in [-0.4, -0.2) is 8.42 Å². The lowest BCUT2D eigenvalue weighted by molar-refractivity contribution is 0.598. The van der Waals surface area contributed by atoms with Crippen LogP contribution in [0, 0.1) is 263 Å². The second kappa shape index (κ2) is 34.6. The number of hydrogen-bond donors (Lipinski definition) is 0. The Balaban J connectivity index is 0.000000228. The first kappa shape index (κ1) is 86.8. The van der Waals surface area contributed by atoms with Gasteiger partial charge < -0.3 is 0 Å². The van der Waals surface area contributed by atoms with Gasteiger partial charge >= 0.3 is 0 Å². The first-order chi connectivity index (χ1) is 47.7. The number of hydrogen-bond acceptors (Lipinski definition) is 2. The van der Waals surface area contributed by atoms with E-state index in [9.17, 15) is 8.42 Å². The van der Waals surface area contributed by atoms with Crippen molar-refractivity contribution in [3.63, 3.8) is 0 Å². The summed E-state index contributed by atoms with van der Waals surface area (Å²) in [5, 5.41) is 0. The van der Waals surface area contributed by atoms with Crippen molar-refractivity contribution in [3.05, 3.63) is 306 Å². The van der Waals surface area contributed by atoms with Crippen LogP contribution in [0.25, 0.3) is 22.3 Å². The highest BCUT2D eigenvalue weighted by molar-refractivity contribution is 7.92. The third-order valence-electron chi connectivity index (χ3n) is 26.4. The molecule has 0 unspecified atom stereocenters. The van der Waals surface area contributed by atoms with Crippen LogP contribution in [0.2, 0.25) is 0 Å². The SMILES string of the molecule is C.Cc1c(C)c(C)c(-c2c(C)c(C)c(C)c(C)c2C)c(C)c1C.Cc1c(C)c(C)c(C)c(C)c1C.Cc1c(C)c(C)c(C)c(C)c1C.Cc1c(C)c(C)c(Cc2c(C)c(C)c(C)c(C)c2C)c(C)c1C.Cc1cc2c(cc1C)S(=O)(=O)c1cc(C)c(C)cc1-2.Cc1ccc(Cc2ccc(C)cc2)cc1. The minimum absolute atomic E-state index is 0. The molecule has 10 aromatic rings. The third kappa shape index (κ3) is 17.5. The number of fused-ring (bicyclic) bond motifs is 3. The van der Waals surface area contributed by atoms with Crippen molar-refractivity contribution >= 4 is 9.84 Å². The van der Waals surface area contributed by atoms with Gasteiger partial charge in [-0.3, -0.25) is 0 Å². The third-order valence-corrected chi connectivity index (χ3v) is 28.2. The summed E-state index contributed by atoms with van der Waals surface area (Å²) >= 11 is 0. The van der Waals surface area contributed by atoms with E-state index in [4.69, 9.17) is 0 Å². The standard InChI is InChI=1S/C23H32.C22H30.C16H16O2S.C15H16.2C12H18.CH4/c1-12-14(3)18(7)22(19(8)15(12)4)11-23-20(9)16(5)13(2)17(6)21(23)10;1-11-13(3)17(7)21(18(8)14(11)4)22-19(9)15(5)12(2)16(6)20(22)10;1-9-5-13-14-6-10(2)12(4)8-16(14)19(17,18)15(13)7-11(9)3;1-12-3-7-14(8-4-12)11-15-9-5-13(2)6-10-15;2*1-7-8(2)10(4)12(6)11(5)9(7)3;/h11H2,1-10H3;1-10H3;5-8H,1-4H3;3-10H,11H2,1-2H3;2*1-6H3;1H4. The Morgan fingerprint density at radius 3 is 0.558 bits per heavy atom. The van der Waals surface area contributed by atoms with Crippen molar-refractivity contribution in [2.45, 2.75) is 293 Å². The molecule has 0 amide bonds. The zero-order chi connectivity index (χ0) is 78.1. The lowest BCUT2D eigenvalue weighted by Crippen LogP contribution is -2.08. The fourth-order valence-electron chi connectivity index (χ4n) is 15.2. The number of rotatable bonds is 5. The van der Waals surface area contributed by atoms with Gasteiger partial charge in [0, 0.05) is 11.1 Å². The summed E-state index contributed by atoms with van der Waals surface area (Å²) in [6, 6.07) is 25.1. The molecule has 1 aliphatic rings.